The lowest BCUT2D eigenvalue weighted by Gasteiger charge is -2.13. The zero-order valence-electron chi connectivity index (χ0n) is 9.35. The van der Waals surface area contributed by atoms with Crippen LogP contribution >= 0.6 is 0 Å². The Labute approximate surface area is 99.7 Å². The normalized spacial score (nSPS) is 13.3. The SMILES string of the molecule is OC(COCCC(F)(F)F)COCCC(F)(F)F. The van der Waals surface area contributed by atoms with Crippen molar-refractivity contribution in [1.82, 2.24) is 0 Å². The van der Waals surface area contributed by atoms with Crippen molar-refractivity contribution >= 4 is 0 Å². The average Bonchev–Trinajstić information content (AvgIpc) is 2.17. The Bertz CT molecular complexity index is 193. The smallest absolute Gasteiger partial charge is 0.388 e. The highest BCUT2D eigenvalue weighted by Gasteiger charge is 2.27. The Morgan fingerprint density at radius 1 is 0.778 bits per heavy atom. The second-order valence-electron chi connectivity index (χ2n) is 3.53. The molecule has 0 unspecified atom stereocenters. The molecule has 0 heterocycles. The number of halogens is 6. The van der Waals surface area contributed by atoms with Crippen molar-refractivity contribution < 1.29 is 40.9 Å². The molecular weight excluding hydrogens is 270 g/mol. The number of rotatable bonds is 8. The first-order valence-electron chi connectivity index (χ1n) is 5.07. The third-order valence-corrected chi connectivity index (χ3v) is 1.68. The van der Waals surface area contributed by atoms with Crippen LogP contribution in [0.1, 0.15) is 12.8 Å². The van der Waals surface area contributed by atoms with Gasteiger partial charge >= 0.3 is 12.4 Å². The van der Waals surface area contributed by atoms with Crippen LogP contribution in [-0.4, -0.2) is 50.0 Å². The van der Waals surface area contributed by atoms with Crippen molar-refractivity contribution in [2.75, 3.05) is 26.4 Å². The summed E-state index contributed by atoms with van der Waals surface area (Å²) in [6, 6.07) is 0. The van der Waals surface area contributed by atoms with Crippen LogP contribution in [0.5, 0.6) is 0 Å². The molecule has 0 fully saturated rings. The summed E-state index contributed by atoms with van der Waals surface area (Å²) in [5.41, 5.74) is 0. The molecule has 0 radical (unpaired) electrons. The Hall–Kier alpha value is -0.540. The molecule has 0 atom stereocenters. The van der Waals surface area contributed by atoms with Gasteiger partial charge in [0.2, 0.25) is 0 Å². The van der Waals surface area contributed by atoms with Gasteiger partial charge in [-0.1, -0.05) is 0 Å². The molecule has 0 aromatic heterocycles. The largest absolute Gasteiger partial charge is 0.391 e. The molecule has 0 bridgehead atoms. The van der Waals surface area contributed by atoms with Gasteiger partial charge in [-0.05, 0) is 0 Å². The number of aliphatic hydroxyl groups is 1. The second-order valence-corrected chi connectivity index (χ2v) is 3.53. The Morgan fingerprint density at radius 3 is 1.39 bits per heavy atom. The van der Waals surface area contributed by atoms with Crippen molar-refractivity contribution in [3.63, 3.8) is 0 Å². The number of aliphatic hydroxyl groups excluding tert-OH is 1. The highest BCUT2D eigenvalue weighted by Crippen LogP contribution is 2.19. The van der Waals surface area contributed by atoms with Crippen molar-refractivity contribution in [2.45, 2.75) is 31.3 Å². The van der Waals surface area contributed by atoms with E-state index in [0.717, 1.165) is 0 Å². The second kappa shape index (κ2) is 7.80. The van der Waals surface area contributed by atoms with E-state index in [-0.39, 0.29) is 0 Å². The van der Waals surface area contributed by atoms with Crippen molar-refractivity contribution in [3.05, 3.63) is 0 Å². The Kier molecular flexibility index (Phi) is 7.56. The number of alkyl halides is 6. The zero-order chi connectivity index (χ0) is 14.2. The van der Waals surface area contributed by atoms with Crippen molar-refractivity contribution in [1.29, 1.82) is 0 Å². The van der Waals surface area contributed by atoms with Crippen LogP contribution in [-0.2, 0) is 9.47 Å². The Morgan fingerprint density at radius 2 is 1.11 bits per heavy atom. The van der Waals surface area contributed by atoms with E-state index in [1.807, 2.05) is 0 Å². The third-order valence-electron chi connectivity index (χ3n) is 1.68. The van der Waals surface area contributed by atoms with E-state index < -0.39 is 57.7 Å². The molecule has 1 N–H and O–H groups in total. The van der Waals surface area contributed by atoms with Crippen LogP contribution in [0.15, 0.2) is 0 Å². The molecule has 0 saturated carbocycles. The van der Waals surface area contributed by atoms with Gasteiger partial charge in [0, 0.05) is 0 Å². The maximum atomic E-state index is 11.7. The van der Waals surface area contributed by atoms with Gasteiger partial charge in [-0.25, -0.2) is 0 Å². The molecule has 0 aliphatic carbocycles. The summed E-state index contributed by atoms with van der Waals surface area (Å²) >= 11 is 0. The molecule has 0 aliphatic heterocycles. The van der Waals surface area contributed by atoms with Crippen molar-refractivity contribution in [2.24, 2.45) is 0 Å². The quantitative estimate of drug-likeness (QED) is 0.549. The van der Waals surface area contributed by atoms with E-state index in [0.29, 0.717) is 0 Å². The monoisotopic (exact) mass is 284 g/mol. The predicted octanol–water partition coefficient (Wildman–Crippen LogP) is 2.29. The fourth-order valence-corrected chi connectivity index (χ4v) is 0.863. The van der Waals surface area contributed by atoms with Gasteiger partial charge in [0.15, 0.2) is 0 Å². The molecule has 0 spiro atoms. The number of hydrogen-bond acceptors (Lipinski definition) is 3. The molecule has 0 rings (SSSR count). The summed E-state index contributed by atoms with van der Waals surface area (Å²) in [5.74, 6) is 0. The van der Waals surface area contributed by atoms with Crippen LogP contribution in [0.25, 0.3) is 0 Å². The highest BCUT2D eigenvalue weighted by atomic mass is 19.4. The minimum atomic E-state index is -4.34. The minimum Gasteiger partial charge on any atom is -0.388 e. The lowest BCUT2D eigenvalue weighted by atomic mass is 10.4. The van der Waals surface area contributed by atoms with E-state index in [1.54, 1.807) is 0 Å². The van der Waals surface area contributed by atoms with Gasteiger partial charge in [0.25, 0.3) is 0 Å². The van der Waals surface area contributed by atoms with Crippen LogP contribution in [0.2, 0.25) is 0 Å². The van der Waals surface area contributed by atoms with Crippen LogP contribution < -0.4 is 0 Å². The molecular formula is C9H14F6O3. The molecule has 0 aromatic rings. The van der Waals surface area contributed by atoms with E-state index in [1.165, 1.54) is 0 Å². The van der Waals surface area contributed by atoms with Crippen molar-refractivity contribution in [3.8, 4) is 0 Å². The van der Waals surface area contributed by atoms with Gasteiger partial charge in [-0.3, -0.25) is 0 Å². The summed E-state index contributed by atoms with van der Waals surface area (Å²) < 4.78 is 79.0. The molecule has 0 aliphatic rings. The topological polar surface area (TPSA) is 38.7 Å². The van der Waals surface area contributed by atoms with E-state index >= 15 is 0 Å². The summed E-state index contributed by atoms with van der Waals surface area (Å²) in [6.07, 6.45) is -12.2. The standard InChI is InChI=1S/C9H14F6O3/c10-8(11,12)1-3-17-5-7(16)6-18-4-2-9(13,14)15/h7,16H,1-6H2. The van der Waals surface area contributed by atoms with Gasteiger partial charge in [0.05, 0.1) is 39.3 Å². The van der Waals surface area contributed by atoms with E-state index in [4.69, 9.17) is 5.11 Å². The van der Waals surface area contributed by atoms with Crippen LogP contribution in [0.3, 0.4) is 0 Å². The van der Waals surface area contributed by atoms with Gasteiger partial charge in [-0.2, -0.15) is 26.3 Å². The zero-order valence-corrected chi connectivity index (χ0v) is 9.35. The first kappa shape index (κ1) is 17.5. The van der Waals surface area contributed by atoms with Gasteiger partial charge in [-0.15, -0.1) is 0 Å². The average molecular weight is 284 g/mol. The fourth-order valence-electron chi connectivity index (χ4n) is 0.863. The fraction of sp³-hybridized carbons (Fsp3) is 1.00. The molecule has 110 valence electrons. The third kappa shape index (κ3) is 13.5. The van der Waals surface area contributed by atoms with Gasteiger partial charge < -0.3 is 14.6 Å². The van der Waals surface area contributed by atoms with Crippen LogP contribution in [0, 0.1) is 0 Å². The molecule has 0 saturated heterocycles. The highest BCUT2D eigenvalue weighted by molar-refractivity contribution is 4.55. The molecule has 3 nitrogen and oxygen atoms in total. The summed E-state index contributed by atoms with van der Waals surface area (Å²) in [5, 5.41) is 9.10. The molecule has 0 amide bonds. The lowest BCUT2D eigenvalue weighted by molar-refractivity contribution is -0.151. The summed E-state index contributed by atoms with van der Waals surface area (Å²) in [6.45, 7) is -2.05. The molecule has 18 heavy (non-hydrogen) atoms. The van der Waals surface area contributed by atoms with Crippen LogP contribution in [0.4, 0.5) is 26.3 Å². The molecule has 0 aromatic carbocycles. The summed E-state index contributed by atoms with van der Waals surface area (Å²) in [4.78, 5) is 0. The molecule has 9 heteroatoms. The summed E-state index contributed by atoms with van der Waals surface area (Å²) in [7, 11) is 0. The first-order chi connectivity index (χ1) is 8.10. The van der Waals surface area contributed by atoms with E-state index in [2.05, 4.69) is 9.47 Å². The maximum absolute atomic E-state index is 11.7. The van der Waals surface area contributed by atoms with E-state index in [9.17, 15) is 26.3 Å². The Balaban J connectivity index is 3.41. The minimum absolute atomic E-state index is 0.415. The number of hydrogen-bond donors (Lipinski definition) is 1. The predicted molar refractivity (Wildman–Crippen MR) is 49.0 cm³/mol. The number of ether oxygens (including phenoxy) is 2. The maximum Gasteiger partial charge on any atom is 0.391 e. The lowest BCUT2D eigenvalue weighted by Crippen LogP contribution is -2.24. The first-order valence-corrected chi connectivity index (χ1v) is 5.07. The van der Waals surface area contributed by atoms with Gasteiger partial charge in [0.1, 0.15) is 6.10 Å².